The Kier molecular flexibility index (Phi) is 4.38. The van der Waals surface area contributed by atoms with Gasteiger partial charge in [0.15, 0.2) is 0 Å². The number of hydrogen-bond donors (Lipinski definition) is 1. The number of halogens is 2. The van der Waals surface area contributed by atoms with Crippen LogP contribution in [0.25, 0.3) is 11.3 Å². The summed E-state index contributed by atoms with van der Waals surface area (Å²) in [6.45, 7) is 0.827. The van der Waals surface area contributed by atoms with Gasteiger partial charge in [0.1, 0.15) is 17.7 Å². The highest BCUT2D eigenvalue weighted by atomic mass is 19.3. The predicted octanol–water partition coefficient (Wildman–Crippen LogP) is 1.08. The highest BCUT2D eigenvalue weighted by Gasteiger charge is 2.47. The standard InChI is InChI=1S/C15H17F2N5O3/c1-8-19-10(9-5-18-14(25-3)21-13(9)24-2)4-12(20-8)22-6-11(23)15(16,17)7-22/h4-5,11,23H,6-7H2,1-3H3/t11-/m0/s1. The minimum absolute atomic E-state index is 0.133. The van der Waals surface area contributed by atoms with E-state index in [0.717, 1.165) is 0 Å². The van der Waals surface area contributed by atoms with Gasteiger partial charge in [-0.1, -0.05) is 0 Å². The first-order chi connectivity index (χ1) is 11.8. The molecule has 1 atom stereocenters. The van der Waals surface area contributed by atoms with Crippen LogP contribution in [-0.4, -0.2) is 64.4 Å². The molecule has 1 aliphatic heterocycles. The lowest BCUT2D eigenvalue weighted by Crippen LogP contribution is -2.31. The molecule has 0 aromatic carbocycles. The van der Waals surface area contributed by atoms with E-state index in [0.29, 0.717) is 17.1 Å². The van der Waals surface area contributed by atoms with Crippen LogP contribution in [-0.2, 0) is 0 Å². The van der Waals surface area contributed by atoms with E-state index in [9.17, 15) is 13.9 Å². The predicted molar refractivity (Wildman–Crippen MR) is 84.1 cm³/mol. The van der Waals surface area contributed by atoms with Gasteiger partial charge in [-0.15, -0.1) is 0 Å². The molecule has 0 spiro atoms. The summed E-state index contributed by atoms with van der Waals surface area (Å²) in [5, 5.41) is 9.50. The topological polar surface area (TPSA) is 93.5 Å². The number of aryl methyl sites for hydroxylation is 1. The largest absolute Gasteiger partial charge is 0.480 e. The van der Waals surface area contributed by atoms with Gasteiger partial charge in [-0.25, -0.2) is 23.7 Å². The van der Waals surface area contributed by atoms with Crippen molar-refractivity contribution in [2.45, 2.75) is 19.0 Å². The molecule has 0 saturated carbocycles. The maximum absolute atomic E-state index is 13.6. The van der Waals surface area contributed by atoms with Crippen LogP contribution in [0.2, 0.25) is 0 Å². The Morgan fingerprint density at radius 1 is 1.24 bits per heavy atom. The molecule has 0 amide bonds. The summed E-state index contributed by atoms with van der Waals surface area (Å²) in [7, 11) is 2.87. The molecule has 1 aliphatic rings. The molecule has 2 aromatic rings. The van der Waals surface area contributed by atoms with Gasteiger partial charge in [0.2, 0.25) is 5.88 Å². The molecule has 8 nitrogen and oxygen atoms in total. The fourth-order valence-electron chi connectivity index (χ4n) is 2.57. The molecule has 2 aromatic heterocycles. The summed E-state index contributed by atoms with van der Waals surface area (Å²) in [4.78, 5) is 17.9. The van der Waals surface area contributed by atoms with E-state index in [-0.39, 0.29) is 24.3 Å². The normalized spacial score (nSPS) is 19.1. The van der Waals surface area contributed by atoms with E-state index in [1.807, 2.05) is 0 Å². The van der Waals surface area contributed by atoms with Crippen molar-refractivity contribution in [3.8, 4) is 23.1 Å². The van der Waals surface area contributed by atoms with E-state index >= 15 is 0 Å². The number of alkyl halides is 2. The lowest BCUT2D eigenvalue weighted by atomic mass is 10.2. The Bertz CT molecular complexity index is 790. The smallest absolute Gasteiger partial charge is 0.319 e. The van der Waals surface area contributed by atoms with Gasteiger partial charge < -0.3 is 19.5 Å². The summed E-state index contributed by atoms with van der Waals surface area (Å²) in [6.07, 6.45) is -0.256. The number of nitrogens with zero attached hydrogens (tertiary/aromatic N) is 5. The lowest BCUT2D eigenvalue weighted by molar-refractivity contribution is -0.0712. The average molecular weight is 353 g/mol. The first kappa shape index (κ1) is 17.2. The maximum Gasteiger partial charge on any atom is 0.319 e. The second kappa shape index (κ2) is 6.36. The van der Waals surface area contributed by atoms with Gasteiger partial charge in [0.05, 0.1) is 38.6 Å². The third-order valence-corrected chi connectivity index (χ3v) is 3.81. The van der Waals surface area contributed by atoms with Gasteiger partial charge in [0, 0.05) is 12.3 Å². The number of anilines is 1. The summed E-state index contributed by atoms with van der Waals surface area (Å²) in [5.74, 6) is -2.27. The van der Waals surface area contributed by atoms with Crippen molar-refractivity contribution < 1.29 is 23.4 Å². The Morgan fingerprint density at radius 3 is 2.60 bits per heavy atom. The molecule has 1 saturated heterocycles. The van der Waals surface area contributed by atoms with Gasteiger partial charge in [-0.2, -0.15) is 4.98 Å². The molecule has 3 rings (SSSR count). The van der Waals surface area contributed by atoms with Crippen molar-refractivity contribution in [3.05, 3.63) is 18.1 Å². The molecule has 0 radical (unpaired) electrons. The average Bonchev–Trinajstić information content (AvgIpc) is 2.87. The van der Waals surface area contributed by atoms with Gasteiger partial charge >= 0.3 is 6.01 Å². The fraction of sp³-hybridized carbons (Fsp3) is 0.467. The van der Waals surface area contributed by atoms with Crippen molar-refractivity contribution in [1.29, 1.82) is 0 Å². The minimum atomic E-state index is -3.18. The minimum Gasteiger partial charge on any atom is -0.480 e. The highest BCUT2D eigenvalue weighted by Crippen LogP contribution is 2.33. The van der Waals surface area contributed by atoms with Crippen LogP contribution in [0, 0.1) is 6.92 Å². The molecule has 0 aliphatic carbocycles. The van der Waals surface area contributed by atoms with E-state index in [1.165, 1.54) is 31.4 Å². The summed E-state index contributed by atoms with van der Waals surface area (Å²) < 4.78 is 37.4. The fourth-order valence-corrected chi connectivity index (χ4v) is 2.57. The molecule has 0 unspecified atom stereocenters. The second-order valence-electron chi connectivity index (χ2n) is 5.60. The molecule has 1 N–H and O–H groups in total. The molecule has 0 bridgehead atoms. The molecular formula is C15H17F2N5O3. The van der Waals surface area contributed by atoms with Crippen LogP contribution in [0.5, 0.6) is 11.9 Å². The Balaban J connectivity index is 2.01. The van der Waals surface area contributed by atoms with Gasteiger partial charge in [0.25, 0.3) is 5.92 Å². The van der Waals surface area contributed by atoms with Crippen molar-refractivity contribution >= 4 is 5.82 Å². The van der Waals surface area contributed by atoms with Gasteiger partial charge in [-0.05, 0) is 6.92 Å². The SMILES string of the molecule is COc1ncc(-c2cc(N3C[C@H](O)C(F)(F)C3)nc(C)n2)c(OC)n1. The summed E-state index contributed by atoms with van der Waals surface area (Å²) in [6, 6.07) is 1.67. The lowest BCUT2D eigenvalue weighted by Gasteiger charge is -2.18. The third kappa shape index (κ3) is 3.29. The van der Waals surface area contributed by atoms with Crippen LogP contribution < -0.4 is 14.4 Å². The number of β-amino-alcohol motifs (C(OH)–C–C–N with tert-alkyl or cyclic N) is 1. The monoisotopic (exact) mass is 353 g/mol. The number of rotatable bonds is 4. The zero-order valence-corrected chi connectivity index (χ0v) is 13.9. The first-order valence-electron chi connectivity index (χ1n) is 7.46. The van der Waals surface area contributed by atoms with Crippen LogP contribution in [0.3, 0.4) is 0 Å². The van der Waals surface area contributed by atoms with Crippen molar-refractivity contribution in [2.24, 2.45) is 0 Å². The number of hydrogen-bond acceptors (Lipinski definition) is 8. The van der Waals surface area contributed by atoms with Crippen LogP contribution in [0.4, 0.5) is 14.6 Å². The van der Waals surface area contributed by atoms with Crippen molar-refractivity contribution in [1.82, 2.24) is 19.9 Å². The zero-order valence-electron chi connectivity index (χ0n) is 13.9. The van der Waals surface area contributed by atoms with E-state index in [1.54, 1.807) is 6.92 Å². The zero-order chi connectivity index (χ0) is 18.2. The van der Waals surface area contributed by atoms with Crippen molar-refractivity contribution in [2.75, 3.05) is 32.2 Å². The number of aliphatic hydroxyl groups is 1. The number of methoxy groups -OCH3 is 2. The number of aliphatic hydroxyl groups excluding tert-OH is 1. The van der Waals surface area contributed by atoms with E-state index in [2.05, 4.69) is 19.9 Å². The Hall–Kier alpha value is -2.62. The Labute approximate surface area is 142 Å². The van der Waals surface area contributed by atoms with Gasteiger partial charge in [-0.3, -0.25) is 0 Å². The molecule has 1 fully saturated rings. The molecule has 3 heterocycles. The molecule has 25 heavy (non-hydrogen) atoms. The van der Waals surface area contributed by atoms with E-state index < -0.39 is 18.6 Å². The quantitative estimate of drug-likeness (QED) is 0.873. The van der Waals surface area contributed by atoms with E-state index in [4.69, 9.17) is 9.47 Å². The van der Waals surface area contributed by atoms with Crippen LogP contribution in [0.1, 0.15) is 5.82 Å². The maximum atomic E-state index is 13.6. The van der Waals surface area contributed by atoms with Crippen molar-refractivity contribution in [3.63, 3.8) is 0 Å². The molecular weight excluding hydrogens is 336 g/mol. The molecule has 10 heteroatoms. The second-order valence-corrected chi connectivity index (χ2v) is 5.60. The third-order valence-electron chi connectivity index (χ3n) is 3.81. The highest BCUT2D eigenvalue weighted by molar-refractivity contribution is 5.67. The summed E-state index contributed by atoms with van der Waals surface area (Å²) in [5.41, 5.74) is 0.897. The number of aromatic nitrogens is 4. The van der Waals surface area contributed by atoms with Crippen LogP contribution in [0.15, 0.2) is 12.3 Å². The van der Waals surface area contributed by atoms with Crippen LogP contribution >= 0.6 is 0 Å². The number of ether oxygens (including phenoxy) is 2. The first-order valence-corrected chi connectivity index (χ1v) is 7.46. The summed E-state index contributed by atoms with van der Waals surface area (Å²) >= 11 is 0. The molecule has 134 valence electrons. The Morgan fingerprint density at radius 2 is 2.00 bits per heavy atom.